The summed E-state index contributed by atoms with van der Waals surface area (Å²) in [6.07, 6.45) is 0. The van der Waals surface area contributed by atoms with Crippen molar-refractivity contribution in [2.75, 3.05) is 0 Å². The molecule has 10 aromatic rings. The summed E-state index contributed by atoms with van der Waals surface area (Å²) >= 11 is 0. The first kappa shape index (κ1) is 29.8. The molecule has 2 heterocycles. The third-order valence-electron chi connectivity index (χ3n) is 9.89. The molecule has 0 atom stereocenters. The van der Waals surface area contributed by atoms with Crippen LogP contribution >= 0.6 is 0 Å². The molecule has 0 aliphatic rings. The number of hydrogen-bond donors (Lipinski definition) is 0. The van der Waals surface area contributed by atoms with Gasteiger partial charge in [-0.3, -0.25) is 0 Å². The number of para-hydroxylation sites is 1. The number of benzene rings is 8. The third kappa shape index (κ3) is 5.17. The molecule has 0 saturated carbocycles. The van der Waals surface area contributed by atoms with Crippen LogP contribution in [0.25, 0.3) is 99.8 Å². The molecule has 0 radical (unpaired) electrons. The molecular weight excluding hydrogens is 633 g/mol. The lowest BCUT2D eigenvalue weighted by Crippen LogP contribution is -2.00. The van der Waals surface area contributed by atoms with Crippen molar-refractivity contribution in [2.24, 2.45) is 0 Å². The molecule has 0 fully saturated rings. The van der Waals surface area contributed by atoms with E-state index in [1.54, 1.807) is 0 Å². The van der Waals surface area contributed by atoms with E-state index in [0.29, 0.717) is 17.5 Å². The lowest BCUT2D eigenvalue weighted by Gasteiger charge is -2.16. The maximum atomic E-state index is 5.11. The van der Waals surface area contributed by atoms with Crippen molar-refractivity contribution >= 4 is 43.4 Å². The lowest BCUT2D eigenvalue weighted by molar-refractivity contribution is 1.07. The molecule has 2 aromatic heterocycles. The van der Waals surface area contributed by atoms with Crippen molar-refractivity contribution in [1.29, 1.82) is 0 Å². The Morgan fingerprint density at radius 2 is 0.731 bits per heavy atom. The van der Waals surface area contributed by atoms with Gasteiger partial charge in [-0.15, -0.1) is 0 Å². The van der Waals surface area contributed by atoms with Crippen molar-refractivity contribution in [1.82, 2.24) is 19.9 Å². The van der Waals surface area contributed by atoms with Gasteiger partial charge in [0.25, 0.3) is 0 Å². The van der Waals surface area contributed by atoms with Crippen LogP contribution in [0, 0.1) is 0 Å². The lowest BCUT2D eigenvalue weighted by atomic mass is 9.89. The molecule has 4 nitrogen and oxygen atoms in total. The summed E-state index contributed by atoms with van der Waals surface area (Å²) in [6, 6.07) is 63.6. The zero-order valence-corrected chi connectivity index (χ0v) is 28.1. The van der Waals surface area contributed by atoms with E-state index in [1.165, 1.54) is 32.8 Å². The van der Waals surface area contributed by atoms with Crippen LogP contribution in [0.15, 0.2) is 182 Å². The van der Waals surface area contributed by atoms with Gasteiger partial charge in [-0.1, -0.05) is 164 Å². The number of rotatable bonds is 5. The van der Waals surface area contributed by atoms with Crippen LogP contribution in [0.4, 0.5) is 0 Å². The first-order chi connectivity index (χ1) is 25.8. The predicted octanol–water partition coefficient (Wildman–Crippen LogP) is 12.2. The Hall–Kier alpha value is -7.04. The minimum absolute atomic E-state index is 0.643. The molecule has 52 heavy (non-hydrogen) atoms. The maximum absolute atomic E-state index is 5.11. The van der Waals surface area contributed by atoms with Gasteiger partial charge in [0.1, 0.15) is 0 Å². The van der Waals surface area contributed by atoms with E-state index in [1.807, 2.05) is 60.7 Å². The number of aromatic nitrogens is 4. The Morgan fingerprint density at radius 3 is 1.37 bits per heavy atom. The molecule has 0 bridgehead atoms. The van der Waals surface area contributed by atoms with Gasteiger partial charge >= 0.3 is 0 Å². The molecule has 0 N–H and O–H groups in total. The topological polar surface area (TPSA) is 51.6 Å². The average molecular weight is 663 g/mol. The van der Waals surface area contributed by atoms with Gasteiger partial charge in [0.2, 0.25) is 0 Å². The Bertz CT molecular complexity index is 2880. The van der Waals surface area contributed by atoms with Crippen molar-refractivity contribution in [3.05, 3.63) is 182 Å². The van der Waals surface area contributed by atoms with Crippen molar-refractivity contribution in [3.8, 4) is 56.4 Å². The van der Waals surface area contributed by atoms with E-state index in [4.69, 9.17) is 19.9 Å². The molecular formula is C48H30N4. The molecule has 4 heteroatoms. The Balaban J connectivity index is 1.09. The summed E-state index contributed by atoms with van der Waals surface area (Å²) in [4.78, 5) is 19.8. The first-order valence-electron chi connectivity index (χ1n) is 17.5. The summed E-state index contributed by atoms with van der Waals surface area (Å²) in [7, 11) is 0. The van der Waals surface area contributed by atoms with E-state index >= 15 is 0 Å². The standard InChI is InChI=1S/C48H30N4/c1-3-13-32(14-4-1)46-50-47(33-15-5-2-6-16-33)52-48(51-46)34-25-23-31(24-26-34)37-27-28-41(39-19-9-8-18-38(37)39)43-30-36-29-35-17-7-12-22-44(35)49-45(36)42-21-11-10-20-40(42)43/h1-30H. The van der Waals surface area contributed by atoms with E-state index < -0.39 is 0 Å². The van der Waals surface area contributed by atoms with E-state index in [0.717, 1.165) is 49.4 Å². The minimum Gasteiger partial charge on any atom is -0.247 e. The number of pyridine rings is 1. The van der Waals surface area contributed by atoms with Gasteiger partial charge in [0.05, 0.1) is 11.0 Å². The van der Waals surface area contributed by atoms with Crippen LogP contribution in [0.3, 0.4) is 0 Å². The van der Waals surface area contributed by atoms with Gasteiger partial charge in [-0.25, -0.2) is 19.9 Å². The fourth-order valence-electron chi connectivity index (χ4n) is 7.36. The Labute approximate surface area is 300 Å². The van der Waals surface area contributed by atoms with Crippen LogP contribution in [0.5, 0.6) is 0 Å². The van der Waals surface area contributed by atoms with Crippen LogP contribution in [0.1, 0.15) is 0 Å². The van der Waals surface area contributed by atoms with Crippen molar-refractivity contribution < 1.29 is 0 Å². The molecule has 10 rings (SSSR count). The van der Waals surface area contributed by atoms with Crippen molar-refractivity contribution in [2.45, 2.75) is 0 Å². The highest BCUT2D eigenvalue weighted by molar-refractivity contribution is 6.17. The Morgan fingerprint density at radius 1 is 0.269 bits per heavy atom. The van der Waals surface area contributed by atoms with Gasteiger partial charge in [0.15, 0.2) is 17.5 Å². The van der Waals surface area contributed by atoms with Crippen LogP contribution < -0.4 is 0 Å². The van der Waals surface area contributed by atoms with Gasteiger partial charge < -0.3 is 0 Å². The van der Waals surface area contributed by atoms with Crippen LogP contribution in [-0.2, 0) is 0 Å². The van der Waals surface area contributed by atoms with Crippen molar-refractivity contribution in [3.63, 3.8) is 0 Å². The third-order valence-corrected chi connectivity index (χ3v) is 9.89. The average Bonchev–Trinajstić information content (AvgIpc) is 3.23. The molecule has 242 valence electrons. The van der Waals surface area contributed by atoms with E-state index in [9.17, 15) is 0 Å². The zero-order valence-electron chi connectivity index (χ0n) is 28.1. The second-order valence-corrected chi connectivity index (χ2v) is 13.0. The fourth-order valence-corrected chi connectivity index (χ4v) is 7.36. The zero-order chi connectivity index (χ0) is 34.4. The van der Waals surface area contributed by atoms with Gasteiger partial charge in [0, 0.05) is 32.8 Å². The second-order valence-electron chi connectivity index (χ2n) is 13.0. The monoisotopic (exact) mass is 662 g/mol. The Kier molecular flexibility index (Phi) is 7.10. The molecule has 0 aliphatic carbocycles. The van der Waals surface area contributed by atoms with Gasteiger partial charge in [-0.05, 0) is 56.6 Å². The molecule has 0 aliphatic heterocycles. The maximum Gasteiger partial charge on any atom is 0.164 e. The van der Waals surface area contributed by atoms with E-state index in [-0.39, 0.29) is 0 Å². The smallest absolute Gasteiger partial charge is 0.164 e. The second kappa shape index (κ2) is 12.4. The normalized spacial score (nSPS) is 11.5. The molecule has 0 amide bonds. The molecule has 0 spiro atoms. The summed E-state index contributed by atoms with van der Waals surface area (Å²) in [5, 5.41) is 7.05. The molecule has 0 unspecified atom stereocenters. The fraction of sp³-hybridized carbons (Fsp3) is 0. The van der Waals surface area contributed by atoms with Gasteiger partial charge in [-0.2, -0.15) is 0 Å². The quantitative estimate of drug-likeness (QED) is 0.136. The summed E-state index contributed by atoms with van der Waals surface area (Å²) in [6.45, 7) is 0. The summed E-state index contributed by atoms with van der Waals surface area (Å²) in [5.74, 6) is 1.95. The highest BCUT2D eigenvalue weighted by Gasteiger charge is 2.16. The van der Waals surface area contributed by atoms with Crippen LogP contribution in [-0.4, -0.2) is 19.9 Å². The largest absolute Gasteiger partial charge is 0.247 e. The highest BCUT2D eigenvalue weighted by Crippen LogP contribution is 2.41. The predicted molar refractivity (Wildman–Crippen MR) is 215 cm³/mol. The molecule has 0 saturated heterocycles. The SMILES string of the molecule is c1ccc(-c2nc(-c3ccccc3)nc(-c3ccc(-c4ccc(-c5cc6cc7ccccc7nc6c6ccccc56)c5ccccc45)cc3)n2)cc1. The first-order valence-corrected chi connectivity index (χ1v) is 17.5. The van der Waals surface area contributed by atoms with Crippen LogP contribution in [0.2, 0.25) is 0 Å². The number of nitrogens with zero attached hydrogens (tertiary/aromatic N) is 4. The summed E-state index contributed by atoms with van der Waals surface area (Å²) in [5.41, 5.74) is 9.60. The minimum atomic E-state index is 0.643. The highest BCUT2D eigenvalue weighted by atomic mass is 15.0. The molecule has 8 aromatic carbocycles. The summed E-state index contributed by atoms with van der Waals surface area (Å²) < 4.78 is 0. The number of fused-ring (bicyclic) bond motifs is 5. The number of hydrogen-bond acceptors (Lipinski definition) is 4. The van der Waals surface area contributed by atoms with E-state index in [2.05, 4.69) is 121 Å².